The number of likely N-dealkylation sites (tertiary alicyclic amines) is 1. The van der Waals surface area contributed by atoms with Gasteiger partial charge in [-0.3, -0.25) is 0 Å². The molecule has 100 valence electrons. The molecule has 17 heavy (non-hydrogen) atoms. The molecule has 0 aromatic heterocycles. The van der Waals surface area contributed by atoms with E-state index in [0.29, 0.717) is 0 Å². The molecule has 1 aliphatic heterocycles. The summed E-state index contributed by atoms with van der Waals surface area (Å²) in [6.07, 6.45) is 11.6. The molecule has 0 bridgehead atoms. The number of rotatable bonds is 4. The second-order valence-electron chi connectivity index (χ2n) is 6.00. The third-order valence-corrected chi connectivity index (χ3v) is 4.62. The van der Waals surface area contributed by atoms with Crippen molar-refractivity contribution in [2.45, 2.75) is 64.3 Å². The maximum Gasteiger partial charge on any atom is 0.0195 e. The monoisotopic (exact) mass is 238 g/mol. The van der Waals surface area contributed by atoms with Gasteiger partial charge in [-0.05, 0) is 51.2 Å². The van der Waals surface area contributed by atoms with Crippen molar-refractivity contribution in [3.63, 3.8) is 0 Å². The highest BCUT2D eigenvalue weighted by molar-refractivity contribution is 4.79. The van der Waals surface area contributed by atoms with Crippen molar-refractivity contribution in [2.75, 3.05) is 26.2 Å². The summed E-state index contributed by atoms with van der Waals surface area (Å²) in [5.41, 5.74) is 0. The summed E-state index contributed by atoms with van der Waals surface area (Å²) in [6.45, 7) is 7.39. The minimum atomic E-state index is 0.770. The molecule has 2 rings (SSSR count). The first-order valence-corrected chi connectivity index (χ1v) is 7.84. The largest absolute Gasteiger partial charge is 0.312 e. The molecule has 1 heterocycles. The fraction of sp³-hybridized carbons (Fsp3) is 1.00. The van der Waals surface area contributed by atoms with Crippen molar-refractivity contribution < 1.29 is 0 Å². The normalized spacial score (nSPS) is 29.1. The highest BCUT2D eigenvalue weighted by atomic mass is 15.2. The third kappa shape index (κ3) is 4.59. The second kappa shape index (κ2) is 7.38. The lowest BCUT2D eigenvalue weighted by atomic mass is 9.99. The number of nitrogens with one attached hydrogen (secondary N) is 1. The van der Waals surface area contributed by atoms with Gasteiger partial charge in [-0.15, -0.1) is 0 Å². The summed E-state index contributed by atoms with van der Waals surface area (Å²) in [4.78, 5) is 2.59. The quantitative estimate of drug-likeness (QED) is 0.757. The Hall–Kier alpha value is -0.0800. The predicted octanol–water partition coefficient (Wildman–Crippen LogP) is 3.03. The second-order valence-corrected chi connectivity index (χ2v) is 6.00. The lowest BCUT2D eigenvalue weighted by molar-refractivity contribution is 0.194. The number of hydrogen-bond acceptors (Lipinski definition) is 2. The van der Waals surface area contributed by atoms with Crippen molar-refractivity contribution in [3.05, 3.63) is 0 Å². The van der Waals surface area contributed by atoms with E-state index in [1.165, 1.54) is 77.5 Å². The van der Waals surface area contributed by atoms with Crippen LogP contribution in [0.1, 0.15) is 58.3 Å². The van der Waals surface area contributed by atoms with Gasteiger partial charge in [-0.25, -0.2) is 0 Å². The average Bonchev–Trinajstić information content (AvgIpc) is 2.65. The minimum absolute atomic E-state index is 0.770. The molecule has 1 saturated heterocycles. The van der Waals surface area contributed by atoms with Crippen LogP contribution in [-0.2, 0) is 0 Å². The van der Waals surface area contributed by atoms with E-state index < -0.39 is 0 Å². The fourth-order valence-corrected chi connectivity index (χ4v) is 3.41. The summed E-state index contributed by atoms with van der Waals surface area (Å²) in [5, 5.41) is 3.84. The molecule has 0 amide bonds. The van der Waals surface area contributed by atoms with Crippen LogP contribution in [-0.4, -0.2) is 37.1 Å². The highest BCUT2D eigenvalue weighted by Gasteiger charge is 2.19. The summed E-state index contributed by atoms with van der Waals surface area (Å²) in [6, 6.07) is 0.770. The molecule has 0 aromatic carbocycles. The van der Waals surface area contributed by atoms with Crippen molar-refractivity contribution in [2.24, 2.45) is 5.92 Å². The Kier molecular flexibility index (Phi) is 5.79. The number of hydrogen-bond donors (Lipinski definition) is 1. The van der Waals surface area contributed by atoms with Crippen LogP contribution in [0.5, 0.6) is 0 Å². The molecule has 2 nitrogen and oxygen atoms in total. The Morgan fingerprint density at radius 2 is 1.76 bits per heavy atom. The van der Waals surface area contributed by atoms with Gasteiger partial charge in [0.1, 0.15) is 0 Å². The molecule has 2 aliphatic rings. The van der Waals surface area contributed by atoms with E-state index in [4.69, 9.17) is 0 Å². The van der Waals surface area contributed by atoms with E-state index in [1.54, 1.807) is 0 Å². The number of piperidine rings is 1. The van der Waals surface area contributed by atoms with Crippen LogP contribution >= 0.6 is 0 Å². The number of likely N-dealkylation sites (N-methyl/N-ethyl adjacent to an activating group) is 1. The van der Waals surface area contributed by atoms with Gasteiger partial charge in [0.25, 0.3) is 0 Å². The van der Waals surface area contributed by atoms with Crippen LogP contribution in [0.25, 0.3) is 0 Å². The molecule has 0 spiro atoms. The van der Waals surface area contributed by atoms with Crippen molar-refractivity contribution in [1.29, 1.82) is 0 Å². The van der Waals surface area contributed by atoms with Crippen molar-refractivity contribution >= 4 is 0 Å². The van der Waals surface area contributed by atoms with Gasteiger partial charge in [0, 0.05) is 12.6 Å². The minimum Gasteiger partial charge on any atom is -0.312 e. The van der Waals surface area contributed by atoms with Gasteiger partial charge >= 0.3 is 0 Å². The molecular formula is C15H30N2. The SMILES string of the molecule is CCN1CCCC(NCC2CCCCCC2)C1. The molecule has 1 atom stereocenters. The van der Waals surface area contributed by atoms with Gasteiger partial charge in [-0.2, -0.15) is 0 Å². The van der Waals surface area contributed by atoms with Gasteiger partial charge in [0.05, 0.1) is 0 Å². The zero-order chi connectivity index (χ0) is 11.9. The van der Waals surface area contributed by atoms with Gasteiger partial charge < -0.3 is 10.2 Å². The summed E-state index contributed by atoms with van der Waals surface area (Å²) >= 11 is 0. The van der Waals surface area contributed by atoms with Crippen molar-refractivity contribution in [1.82, 2.24) is 10.2 Å². The topological polar surface area (TPSA) is 15.3 Å². The first-order valence-electron chi connectivity index (χ1n) is 7.84. The smallest absolute Gasteiger partial charge is 0.0195 e. The van der Waals surface area contributed by atoms with E-state index in [9.17, 15) is 0 Å². The molecule has 1 unspecified atom stereocenters. The van der Waals surface area contributed by atoms with Gasteiger partial charge in [0.15, 0.2) is 0 Å². The van der Waals surface area contributed by atoms with Crippen LogP contribution in [0.4, 0.5) is 0 Å². The highest BCUT2D eigenvalue weighted by Crippen LogP contribution is 2.22. The Morgan fingerprint density at radius 3 is 2.47 bits per heavy atom. The molecule has 0 aromatic rings. The Morgan fingerprint density at radius 1 is 1.00 bits per heavy atom. The number of nitrogens with zero attached hydrogens (tertiary/aromatic N) is 1. The van der Waals surface area contributed by atoms with Crippen LogP contribution in [0.3, 0.4) is 0 Å². The van der Waals surface area contributed by atoms with E-state index in [1.807, 2.05) is 0 Å². The van der Waals surface area contributed by atoms with Gasteiger partial charge in [-0.1, -0.05) is 32.6 Å². The average molecular weight is 238 g/mol. The molecule has 1 N–H and O–H groups in total. The first-order chi connectivity index (χ1) is 8.38. The third-order valence-electron chi connectivity index (χ3n) is 4.62. The van der Waals surface area contributed by atoms with Crippen LogP contribution < -0.4 is 5.32 Å². The Balaban J connectivity index is 1.66. The van der Waals surface area contributed by atoms with Crippen LogP contribution in [0.15, 0.2) is 0 Å². The standard InChI is InChI=1S/C15H30N2/c1-2-17-11-7-10-15(13-17)16-12-14-8-5-3-4-6-9-14/h14-16H,2-13H2,1H3. The molecule has 1 saturated carbocycles. The fourth-order valence-electron chi connectivity index (χ4n) is 3.41. The zero-order valence-electron chi connectivity index (χ0n) is 11.6. The van der Waals surface area contributed by atoms with E-state index in [-0.39, 0.29) is 0 Å². The van der Waals surface area contributed by atoms with E-state index in [0.717, 1.165) is 12.0 Å². The lowest BCUT2D eigenvalue weighted by Crippen LogP contribution is -2.46. The predicted molar refractivity (Wildman–Crippen MR) is 74.3 cm³/mol. The maximum absolute atomic E-state index is 3.84. The molecule has 2 heteroatoms. The molecule has 0 radical (unpaired) electrons. The summed E-state index contributed by atoms with van der Waals surface area (Å²) in [5.74, 6) is 0.967. The van der Waals surface area contributed by atoms with Crippen LogP contribution in [0, 0.1) is 5.92 Å². The Bertz CT molecular complexity index is 197. The maximum atomic E-state index is 3.84. The van der Waals surface area contributed by atoms with E-state index >= 15 is 0 Å². The molecular weight excluding hydrogens is 208 g/mol. The zero-order valence-corrected chi connectivity index (χ0v) is 11.6. The van der Waals surface area contributed by atoms with Crippen LogP contribution in [0.2, 0.25) is 0 Å². The van der Waals surface area contributed by atoms with E-state index in [2.05, 4.69) is 17.1 Å². The summed E-state index contributed by atoms with van der Waals surface area (Å²) < 4.78 is 0. The molecule has 1 aliphatic carbocycles. The lowest BCUT2D eigenvalue weighted by Gasteiger charge is -2.33. The first kappa shape index (κ1) is 13.4. The molecule has 2 fully saturated rings. The Labute approximate surface area is 107 Å². The van der Waals surface area contributed by atoms with Crippen molar-refractivity contribution in [3.8, 4) is 0 Å². The van der Waals surface area contributed by atoms with Gasteiger partial charge in [0.2, 0.25) is 0 Å². The summed E-state index contributed by atoms with van der Waals surface area (Å²) in [7, 11) is 0.